The fourth-order valence-electron chi connectivity index (χ4n) is 3.48. The third-order valence-corrected chi connectivity index (χ3v) is 5.06. The maximum absolute atomic E-state index is 12.6. The average molecular weight is 384 g/mol. The second-order valence-corrected chi connectivity index (χ2v) is 6.87. The second kappa shape index (κ2) is 9.46. The molecule has 2 aromatic carbocycles. The Hall–Kier alpha value is -2.73. The van der Waals surface area contributed by atoms with Gasteiger partial charge in [-0.05, 0) is 43.6 Å². The molecule has 1 saturated heterocycles. The Kier molecular flexibility index (Phi) is 6.76. The van der Waals surface area contributed by atoms with E-state index in [0.717, 1.165) is 25.2 Å². The predicted octanol–water partition coefficient (Wildman–Crippen LogP) is 3.24. The van der Waals surface area contributed by atoms with E-state index in [0.29, 0.717) is 29.4 Å². The molecule has 28 heavy (non-hydrogen) atoms. The van der Waals surface area contributed by atoms with E-state index >= 15 is 0 Å². The Labute approximate surface area is 166 Å². The van der Waals surface area contributed by atoms with Crippen molar-refractivity contribution in [2.24, 2.45) is 0 Å². The van der Waals surface area contributed by atoms with E-state index in [2.05, 4.69) is 10.2 Å². The Morgan fingerprint density at radius 1 is 0.964 bits per heavy atom. The standard InChI is InChI=1S/C22H28N2O4/c1-26-18-12-20(27-2)19(21(13-18)28-3)14-23-22(25)17-8-6-16(7-9-17)15-24-10-4-5-11-24/h6-9,12-13H,4-5,10-11,14-15H2,1-3H3,(H,23,25). The van der Waals surface area contributed by atoms with Gasteiger partial charge in [0.25, 0.3) is 5.91 Å². The summed E-state index contributed by atoms with van der Waals surface area (Å²) in [5.74, 6) is 1.72. The van der Waals surface area contributed by atoms with Crippen LogP contribution in [-0.4, -0.2) is 45.2 Å². The normalized spacial score (nSPS) is 14.0. The number of nitrogens with zero attached hydrogens (tertiary/aromatic N) is 1. The fraction of sp³-hybridized carbons (Fsp3) is 0.409. The van der Waals surface area contributed by atoms with Crippen molar-refractivity contribution in [2.45, 2.75) is 25.9 Å². The van der Waals surface area contributed by atoms with Gasteiger partial charge in [0.2, 0.25) is 0 Å². The maximum Gasteiger partial charge on any atom is 0.251 e. The molecule has 1 fully saturated rings. The molecule has 1 heterocycles. The van der Waals surface area contributed by atoms with Gasteiger partial charge in [-0.3, -0.25) is 9.69 Å². The average Bonchev–Trinajstić information content (AvgIpc) is 3.24. The van der Waals surface area contributed by atoms with E-state index < -0.39 is 0 Å². The van der Waals surface area contributed by atoms with Gasteiger partial charge in [0.15, 0.2) is 0 Å². The zero-order valence-electron chi connectivity index (χ0n) is 16.8. The highest BCUT2D eigenvalue weighted by molar-refractivity contribution is 5.94. The summed E-state index contributed by atoms with van der Waals surface area (Å²) in [5, 5.41) is 2.94. The van der Waals surface area contributed by atoms with Gasteiger partial charge in [-0.2, -0.15) is 0 Å². The van der Waals surface area contributed by atoms with Crippen LogP contribution in [0.15, 0.2) is 36.4 Å². The largest absolute Gasteiger partial charge is 0.496 e. The second-order valence-electron chi connectivity index (χ2n) is 6.87. The lowest BCUT2D eigenvalue weighted by molar-refractivity contribution is 0.0950. The number of ether oxygens (including phenoxy) is 3. The number of rotatable bonds is 8. The summed E-state index contributed by atoms with van der Waals surface area (Å²) in [4.78, 5) is 15.0. The van der Waals surface area contributed by atoms with E-state index in [1.165, 1.54) is 18.4 Å². The minimum absolute atomic E-state index is 0.132. The van der Waals surface area contributed by atoms with Crippen LogP contribution in [0.5, 0.6) is 17.2 Å². The molecule has 0 bridgehead atoms. The molecule has 6 heteroatoms. The van der Waals surface area contributed by atoms with Gasteiger partial charge in [0.05, 0.1) is 33.4 Å². The van der Waals surface area contributed by atoms with Crippen LogP contribution in [0.25, 0.3) is 0 Å². The number of likely N-dealkylation sites (tertiary alicyclic amines) is 1. The van der Waals surface area contributed by atoms with Crippen LogP contribution in [0, 0.1) is 0 Å². The van der Waals surface area contributed by atoms with Crippen LogP contribution in [0.2, 0.25) is 0 Å². The highest BCUT2D eigenvalue weighted by atomic mass is 16.5. The highest BCUT2D eigenvalue weighted by Gasteiger charge is 2.15. The molecule has 0 aromatic heterocycles. The van der Waals surface area contributed by atoms with E-state index in [1.54, 1.807) is 33.5 Å². The monoisotopic (exact) mass is 384 g/mol. The third-order valence-electron chi connectivity index (χ3n) is 5.06. The van der Waals surface area contributed by atoms with Crippen molar-refractivity contribution >= 4 is 5.91 Å². The molecule has 0 spiro atoms. The first-order valence-electron chi connectivity index (χ1n) is 9.53. The number of amides is 1. The number of benzene rings is 2. The SMILES string of the molecule is COc1cc(OC)c(CNC(=O)c2ccc(CN3CCCC3)cc2)c(OC)c1. The van der Waals surface area contributed by atoms with E-state index in [1.807, 2.05) is 24.3 Å². The van der Waals surface area contributed by atoms with Gasteiger partial charge in [0.1, 0.15) is 17.2 Å². The van der Waals surface area contributed by atoms with Crippen molar-refractivity contribution in [1.82, 2.24) is 10.2 Å². The Balaban J connectivity index is 1.65. The van der Waals surface area contributed by atoms with Crippen molar-refractivity contribution in [1.29, 1.82) is 0 Å². The molecule has 6 nitrogen and oxygen atoms in total. The van der Waals surface area contributed by atoms with Gasteiger partial charge in [-0.1, -0.05) is 12.1 Å². The molecule has 2 aromatic rings. The number of carbonyl (C=O) groups excluding carboxylic acids is 1. The Morgan fingerprint density at radius 3 is 2.11 bits per heavy atom. The van der Waals surface area contributed by atoms with Crippen LogP contribution in [-0.2, 0) is 13.1 Å². The van der Waals surface area contributed by atoms with Gasteiger partial charge >= 0.3 is 0 Å². The quantitative estimate of drug-likeness (QED) is 0.757. The maximum atomic E-state index is 12.6. The topological polar surface area (TPSA) is 60.0 Å². The van der Waals surface area contributed by atoms with Crippen molar-refractivity contribution in [2.75, 3.05) is 34.4 Å². The lowest BCUT2D eigenvalue weighted by Crippen LogP contribution is -2.23. The van der Waals surface area contributed by atoms with E-state index in [-0.39, 0.29) is 5.91 Å². The van der Waals surface area contributed by atoms with Gasteiger partial charge < -0.3 is 19.5 Å². The molecule has 0 unspecified atom stereocenters. The van der Waals surface area contributed by atoms with Crippen molar-refractivity contribution in [3.63, 3.8) is 0 Å². The molecule has 0 atom stereocenters. The third kappa shape index (κ3) is 4.75. The van der Waals surface area contributed by atoms with Crippen LogP contribution in [0.4, 0.5) is 0 Å². The minimum atomic E-state index is -0.132. The molecule has 0 aliphatic carbocycles. The minimum Gasteiger partial charge on any atom is -0.496 e. The molecule has 0 saturated carbocycles. The highest BCUT2D eigenvalue weighted by Crippen LogP contribution is 2.33. The zero-order valence-corrected chi connectivity index (χ0v) is 16.8. The lowest BCUT2D eigenvalue weighted by atomic mass is 10.1. The van der Waals surface area contributed by atoms with E-state index in [4.69, 9.17) is 14.2 Å². The zero-order chi connectivity index (χ0) is 19.9. The predicted molar refractivity (Wildman–Crippen MR) is 108 cm³/mol. The number of nitrogens with one attached hydrogen (secondary N) is 1. The molecule has 1 aliphatic heterocycles. The Morgan fingerprint density at radius 2 is 1.57 bits per heavy atom. The molecule has 0 radical (unpaired) electrons. The van der Waals surface area contributed by atoms with Crippen molar-refractivity contribution in [3.05, 3.63) is 53.1 Å². The fourth-order valence-corrected chi connectivity index (χ4v) is 3.48. The molecular weight excluding hydrogens is 356 g/mol. The molecule has 1 amide bonds. The number of hydrogen-bond acceptors (Lipinski definition) is 5. The Bertz CT molecular complexity index is 774. The summed E-state index contributed by atoms with van der Waals surface area (Å²) in [6, 6.07) is 11.4. The smallest absolute Gasteiger partial charge is 0.251 e. The number of carbonyl (C=O) groups is 1. The molecule has 150 valence electrons. The summed E-state index contributed by atoms with van der Waals surface area (Å²) in [6.07, 6.45) is 2.55. The van der Waals surface area contributed by atoms with Crippen LogP contribution in [0.3, 0.4) is 0 Å². The molecule has 3 rings (SSSR count). The van der Waals surface area contributed by atoms with Crippen LogP contribution in [0.1, 0.15) is 34.3 Å². The van der Waals surface area contributed by atoms with Crippen molar-refractivity contribution in [3.8, 4) is 17.2 Å². The summed E-state index contributed by atoms with van der Waals surface area (Å²) in [5.41, 5.74) is 2.64. The molecule has 1 aliphatic rings. The number of methoxy groups -OCH3 is 3. The first kappa shape index (κ1) is 20.0. The van der Waals surface area contributed by atoms with Crippen molar-refractivity contribution < 1.29 is 19.0 Å². The lowest BCUT2D eigenvalue weighted by Gasteiger charge is -2.16. The van der Waals surface area contributed by atoms with Gasteiger partial charge in [0, 0.05) is 24.2 Å². The summed E-state index contributed by atoms with van der Waals surface area (Å²) in [6.45, 7) is 3.56. The molecule has 1 N–H and O–H groups in total. The van der Waals surface area contributed by atoms with E-state index in [9.17, 15) is 4.79 Å². The summed E-state index contributed by atoms with van der Waals surface area (Å²) in [7, 11) is 4.75. The van der Waals surface area contributed by atoms with Gasteiger partial charge in [-0.25, -0.2) is 0 Å². The van der Waals surface area contributed by atoms with Crippen LogP contribution < -0.4 is 19.5 Å². The van der Waals surface area contributed by atoms with Gasteiger partial charge in [-0.15, -0.1) is 0 Å². The molecular formula is C22H28N2O4. The first-order valence-corrected chi connectivity index (χ1v) is 9.53. The summed E-state index contributed by atoms with van der Waals surface area (Å²) >= 11 is 0. The summed E-state index contributed by atoms with van der Waals surface area (Å²) < 4.78 is 16.1. The number of hydrogen-bond donors (Lipinski definition) is 1. The van der Waals surface area contributed by atoms with Crippen LogP contribution >= 0.6 is 0 Å². The first-order chi connectivity index (χ1) is 13.6.